The molecule has 4 heteroatoms. The van der Waals surface area contributed by atoms with Crippen LogP contribution >= 0.6 is 0 Å². The lowest BCUT2D eigenvalue weighted by Gasteiger charge is -2.31. The van der Waals surface area contributed by atoms with E-state index in [-0.39, 0.29) is 5.97 Å². The summed E-state index contributed by atoms with van der Waals surface area (Å²) in [4.78, 5) is 11.4. The van der Waals surface area contributed by atoms with E-state index in [1.54, 1.807) is 6.92 Å². The van der Waals surface area contributed by atoms with E-state index in [1.807, 2.05) is 0 Å². The van der Waals surface area contributed by atoms with Crippen LogP contribution in [-0.4, -0.2) is 27.5 Å². The van der Waals surface area contributed by atoms with E-state index < -0.39 is 8.32 Å². The van der Waals surface area contributed by atoms with Crippen LogP contribution in [0.1, 0.15) is 66.2 Å². The smallest absolute Gasteiger partial charge is 0.333 e. The quantitative estimate of drug-likeness (QED) is 0.184. The summed E-state index contributed by atoms with van der Waals surface area (Å²) < 4.78 is 11.5. The molecule has 0 aromatic heterocycles. The van der Waals surface area contributed by atoms with Crippen LogP contribution in [0.5, 0.6) is 0 Å². The monoisotopic (exact) mass is 328 g/mol. The molecule has 22 heavy (non-hydrogen) atoms. The van der Waals surface area contributed by atoms with Gasteiger partial charge in [0.1, 0.15) is 0 Å². The molecule has 0 N–H and O–H groups in total. The number of unbranched alkanes of at least 4 members (excludes halogenated alkanes) is 3. The van der Waals surface area contributed by atoms with Crippen LogP contribution in [0.2, 0.25) is 18.1 Å². The zero-order valence-electron chi connectivity index (χ0n) is 15.2. The molecule has 0 unspecified atom stereocenters. The highest BCUT2D eigenvalue weighted by atomic mass is 28.4. The zero-order chi connectivity index (χ0) is 16.8. The summed E-state index contributed by atoms with van der Waals surface area (Å²) in [5.74, 6) is -0.273. The third-order valence-corrected chi connectivity index (χ3v) is 8.73. The van der Waals surface area contributed by atoms with Gasteiger partial charge in [-0.1, -0.05) is 52.5 Å². The largest absolute Gasteiger partial charge is 0.462 e. The molecule has 0 bridgehead atoms. The topological polar surface area (TPSA) is 35.5 Å². The molecule has 0 aromatic rings. The van der Waals surface area contributed by atoms with Gasteiger partial charge in [0.2, 0.25) is 0 Å². The van der Waals surface area contributed by atoms with E-state index in [2.05, 4.69) is 27.4 Å². The van der Waals surface area contributed by atoms with Gasteiger partial charge in [-0.3, -0.25) is 0 Å². The number of carbonyl (C=O) groups excluding carboxylic acids is 1. The standard InChI is InChI=1S/C18H36O3Si/c1-6-9-14-22(21-8-3,15-10-7-2)16-12-11-13-20-18(19)17(4)5/h4,6-16H2,1-3,5H3. The van der Waals surface area contributed by atoms with Crippen molar-refractivity contribution in [3.8, 4) is 0 Å². The molecule has 0 aliphatic rings. The molecule has 0 radical (unpaired) electrons. The Morgan fingerprint density at radius 1 is 0.955 bits per heavy atom. The predicted octanol–water partition coefficient (Wildman–Crippen LogP) is 5.47. The highest BCUT2D eigenvalue weighted by molar-refractivity contribution is 6.73. The van der Waals surface area contributed by atoms with Crippen molar-refractivity contribution in [1.82, 2.24) is 0 Å². The maximum Gasteiger partial charge on any atom is 0.333 e. The fourth-order valence-electron chi connectivity index (χ4n) is 2.73. The van der Waals surface area contributed by atoms with Gasteiger partial charge < -0.3 is 9.16 Å². The van der Waals surface area contributed by atoms with Crippen molar-refractivity contribution in [2.45, 2.75) is 84.4 Å². The molecule has 0 aromatic carbocycles. The average molecular weight is 329 g/mol. The Bertz CT molecular complexity index is 307. The lowest BCUT2D eigenvalue weighted by molar-refractivity contribution is -0.139. The van der Waals surface area contributed by atoms with Crippen LogP contribution in [0, 0.1) is 0 Å². The van der Waals surface area contributed by atoms with Gasteiger partial charge in [0.05, 0.1) is 6.61 Å². The first-order valence-corrected chi connectivity index (χ1v) is 11.5. The summed E-state index contributed by atoms with van der Waals surface area (Å²) in [6.45, 7) is 13.2. The molecule has 0 rings (SSSR count). The molecule has 0 amide bonds. The summed E-state index contributed by atoms with van der Waals surface area (Å²) in [5, 5.41) is 0. The van der Waals surface area contributed by atoms with E-state index in [9.17, 15) is 4.79 Å². The minimum atomic E-state index is -1.59. The molecule has 0 aliphatic heterocycles. The second-order valence-corrected chi connectivity index (χ2v) is 10.4. The Labute approximate surface area is 138 Å². The van der Waals surface area contributed by atoms with E-state index >= 15 is 0 Å². The predicted molar refractivity (Wildman–Crippen MR) is 96.6 cm³/mol. The van der Waals surface area contributed by atoms with E-state index in [0.717, 1.165) is 19.4 Å². The Kier molecular flexibility index (Phi) is 12.5. The maximum absolute atomic E-state index is 11.4. The minimum absolute atomic E-state index is 0.273. The van der Waals surface area contributed by atoms with Crippen LogP contribution in [0.25, 0.3) is 0 Å². The second kappa shape index (κ2) is 12.9. The fourth-order valence-corrected chi connectivity index (χ4v) is 7.42. The lowest BCUT2D eigenvalue weighted by Crippen LogP contribution is -2.38. The van der Waals surface area contributed by atoms with Gasteiger partial charge in [0.15, 0.2) is 8.32 Å². The second-order valence-electron chi connectivity index (χ2n) is 6.20. The summed E-state index contributed by atoms with van der Waals surface area (Å²) in [6, 6.07) is 3.76. The van der Waals surface area contributed by atoms with Gasteiger partial charge in [-0.25, -0.2) is 4.79 Å². The zero-order valence-corrected chi connectivity index (χ0v) is 16.2. The molecule has 3 nitrogen and oxygen atoms in total. The lowest BCUT2D eigenvalue weighted by atomic mass is 10.3. The summed E-state index contributed by atoms with van der Waals surface area (Å²) in [6.07, 6.45) is 7.07. The number of carbonyl (C=O) groups is 1. The van der Waals surface area contributed by atoms with Crippen molar-refractivity contribution in [1.29, 1.82) is 0 Å². The SMILES string of the molecule is C=C(C)C(=O)OCCCC[Si](CCCC)(CCCC)OCC. The number of ether oxygens (including phenoxy) is 1. The maximum atomic E-state index is 11.4. The molecular weight excluding hydrogens is 292 g/mol. The van der Waals surface area contributed by atoms with Crippen molar-refractivity contribution in [2.24, 2.45) is 0 Å². The molecule has 0 saturated heterocycles. The number of hydrogen-bond donors (Lipinski definition) is 0. The van der Waals surface area contributed by atoms with Crippen LogP contribution in [0.3, 0.4) is 0 Å². The van der Waals surface area contributed by atoms with Gasteiger partial charge in [-0.2, -0.15) is 0 Å². The first-order chi connectivity index (χ1) is 10.5. The van der Waals surface area contributed by atoms with Crippen molar-refractivity contribution >= 4 is 14.3 Å². The Balaban J connectivity index is 4.30. The normalized spacial score (nSPS) is 11.5. The van der Waals surface area contributed by atoms with Gasteiger partial charge in [0.25, 0.3) is 0 Å². The highest BCUT2D eigenvalue weighted by Gasteiger charge is 2.32. The van der Waals surface area contributed by atoms with Gasteiger partial charge in [-0.05, 0) is 38.4 Å². The summed E-state index contributed by atoms with van der Waals surface area (Å²) in [5.41, 5.74) is 0.476. The van der Waals surface area contributed by atoms with Crippen molar-refractivity contribution in [3.63, 3.8) is 0 Å². The molecule has 0 spiro atoms. The van der Waals surface area contributed by atoms with Crippen molar-refractivity contribution < 1.29 is 14.0 Å². The first kappa shape index (κ1) is 21.4. The van der Waals surface area contributed by atoms with Crippen molar-refractivity contribution in [3.05, 3.63) is 12.2 Å². The molecule has 0 aliphatic carbocycles. The molecule has 130 valence electrons. The summed E-state index contributed by atoms with van der Waals surface area (Å²) in [7, 11) is -1.59. The van der Waals surface area contributed by atoms with Crippen LogP contribution in [0.4, 0.5) is 0 Å². The molecule has 0 heterocycles. The third kappa shape index (κ3) is 9.41. The minimum Gasteiger partial charge on any atom is -0.462 e. The summed E-state index contributed by atoms with van der Waals surface area (Å²) >= 11 is 0. The van der Waals surface area contributed by atoms with E-state index in [4.69, 9.17) is 9.16 Å². The van der Waals surface area contributed by atoms with Gasteiger partial charge >= 0.3 is 5.97 Å². The van der Waals surface area contributed by atoms with Gasteiger partial charge in [-0.15, -0.1) is 0 Å². The van der Waals surface area contributed by atoms with Crippen LogP contribution < -0.4 is 0 Å². The number of hydrogen-bond acceptors (Lipinski definition) is 3. The Hall–Kier alpha value is -0.613. The number of rotatable bonds is 14. The highest BCUT2D eigenvalue weighted by Crippen LogP contribution is 2.29. The third-order valence-electron chi connectivity index (χ3n) is 4.03. The average Bonchev–Trinajstić information content (AvgIpc) is 2.50. The van der Waals surface area contributed by atoms with E-state index in [0.29, 0.717) is 12.2 Å². The number of esters is 1. The van der Waals surface area contributed by atoms with Gasteiger partial charge in [0, 0.05) is 12.2 Å². The van der Waals surface area contributed by atoms with E-state index in [1.165, 1.54) is 43.8 Å². The molecule has 0 fully saturated rings. The fraction of sp³-hybridized carbons (Fsp3) is 0.833. The first-order valence-electron chi connectivity index (χ1n) is 8.98. The van der Waals surface area contributed by atoms with Crippen LogP contribution in [-0.2, 0) is 14.0 Å². The molecular formula is C18H36O3Si. The Morgan fingerprint density at radius 2 is 1.50 bits per heavy atom. The molecule has 0 saturated carbocycles. The van der Waals surface area contributed by atoms with Crippen LogP contribution in [0.15, 0.2) is 12.2 Å². The van der Waals surface area contributed by atoms with Crippen molar-refractivity contribution in [2.75, 3.05) is 13.2 Å². The Morgan fingerprint density at radius 3 is 1.95 bits per heavy atom. The molecule has 0 atom stereocenters.